The third kappa shape index (κ3) is 4.50. The van der Waals surface area contributed by atoms with Crippen LogP contribution in [0.1, 0.15) is 18.4 Å². The van der Waals surface area contributed by atoms with E-state index >= 15 is 0 Å². The normalized spacial score (nSPS) is 14.2. The van der Waals surface area contributed by atoms with E-state index in [0.717, 1.165) is 0 Å². The Morgan fingerprint density at radius 2 is 2.11 bits per heavy atom. The number of aromatic nitrogens is 1. The molecular weight excluding hydrogens is 363 g/mol. The van der Waals surface area contributed by atoms with Crippen molar-refractivity contribution in [3.05, 3.63) is 41.8 Å². The second-order valence-electron chi connectivity index (χ2n) is 6.34. The largest absolute Gasteiger partial charge is 0.453 e. The number of nitrogens with two attached hydrogens (primary N) is 1. The molecule has 1 amide bonds. The molecule has 0 aliphatic carbocycles. The highest BCUT2D eigenvalue weighted by atomic mass is 19.1. The molecule has 0 spiro atoms. The van der Waals surface area contributed by atoms with E-state index in [2.05, 4.69) is 22.1 Å². The van der Waals surface area contributed by atoms with Gasteiger partial charge in [-0.05, 0) is 30.9 Å². The van der Waals surface area contributed by atoms with Crippen LogP contribution < -0.4 is 15.8 Å². The number of carbonyl (C=O) groups is 1. The van der Waals surface area contributed by atoms with Crippen molar-refractivity contribution < 1.29 is 19.0 Å². The van der Waals surface area contributed by atoms with Gasteiger partial charge in [0.2, 0.25) is 0 Å². The fraction of sp³-hybridized carbons (Fsp3) is 0.300. The summed E-state index contributed by atoms with van der Waals surface area (Å²) in [7, 11) is 1.69. The number of nitrogens with zero attached hydrogens (tertiary/aromatic N) is 2. The molecule has 146 valence electrons. The maximum atomic E-state index is 14.2. The highest BCUT2D eigenvalue weighted by molar-refractivity contribution is 5.94. The summed E-state index contributed by atoms with van der Waals surface area (Å²) in [4.78, 5) is 17.8. The molecule has 2 heterocycles. The Hall–Kier alpha value is -3.31. The molecule has 1 aromatic carbocycles. The highest BCUT2D eigenvalue weighted by Gasteiger charge is 2.20. The van der Waals surface area contributed by atoms with Crippen molar-refractivity contribution in [3.8, 4) is 23.3 Å². The third-order valence-electron chi connectivity index (χ3n) is 4.43. The predicted octanol–water partition coefficient (Wildman–Crippen LogP) is 1.97. The van der Waals surface area contributed by atoms with Crippen LogP contribution in [-0.4, -0.2) is 47.1 Å². The zero-order valence-corrected chi connectivity index (χ0v) is 15.4. The number of aliphatic hydroxyl groups excluding tert-OH is 1. The van der Waals surface area contributed by atoms with Gasteiger partial charge in [0.15, 0.2) is 11.6 Å². The van der Waals surface area contributed by atoms with Gasteiger partial charge in [-0.3, -0.25) is 4.79 Å². The number of amides is 1. The number of aliphatic hydroxyl groups is 1. The van der Waals surface area contributed by atoms with Crippen molar-refractivity contribution in [3.63, 3.8) is 0 Å². The molecule has 2 aromatic rings. The summed E-state index contributed by atoms with van der Waals surface area (Å²) < 4.78 is 19.8. The number of likely N-dealkylation sites (tertiary alicyclic amines) is 1. The van der Waals surface area contributed by atoms with E-state index in [1.54, 1.807) is 18.0 Å². The highest BCUT2D eigenvalue weighted by Crippen LogP contribution is 2.30. The molecule has 1 aliphatic heterocycles. The number of hydrogen-bond acceptors (Lipinski definition) is 6. The number of nitrogen functional groups attached to an aromatic ring is 1. The molecule has 0 atom stereocenters. The van der Waals surface area contributed by atoms with Crippen LogP contribution in [0.2, 0.25) is 0 Å². The number of pyridine rings is 1. The van der Waals surface area contributed by atoms with Crippen LogP contribution in [0, 0.1) is 17.7 Å². The molecule has 3 rings (SSSR count). The second kappa shape index (κ2) is 8.59. The Balaban J connectivity index is 1.82. The predicted molar refractivity (Wildman–Crippen MR) is 103 cm³/mol. The average Bonchev–Trinajstić information content (AvgIpc) is 2.69. The average molecular weight is 384 g/mol. The number of halogens is 1. The fourth-order valence-electron chi connectivity index (χ4n) is 2.79. The Kier molecular flexibility index (Phi) is 5.96. The smallest absolute Gasteiger partial charge is 0.298 e. The van der Waals surface area contributed by atoms with Gasteiger partial charge in [-0.15, -0.1) is 0 Å². The van der Waals surface area contributed by atoms with Crippen molar-refractivity contribution in [2.75, 3.05) is 31.2 Å². The topological polar surface area (TPSA) is 101 Å². The molecule has 0 unspecified atom stereocenters. The number of anilines is 2. The summed E-state index contributed by atoms with van der Waals surface area (Å²) in [6.07, 6.45) is 2.09. The Bertz CT molecular complexity index is 931. The molecule has 0 radical (unpaired) electrons. The van der Waals surface area contributed by atoms with E-state index in [4.69, 9.17) is 10.5 Å². The number of ether oxygens (including phenoxy) is 1. The van der Waals surface area contributed by atoms with Gasteiger partial charge in [-0.1, -0.05) is 0 Å². The minimum absolute atomic E-state index is 0.00370. The Labute approximate surface area is 162 Å². The van der Waals surface area contributed by atoms with Crippen LogP contribution in [0.15, 0.2) is 30.5 Å². The summed E-state index contributed by atoms with van der Waals surface area (Å²) in [5, 5.41) is 12.4. The lowest BCUT2D eigenvalue weighted by molar-refractivity contribution is -0.127. The number of benzene rings is 1. The fourth-order valence-corrected chi connectivity index (χ4v) is 2.79. The Morgan fingerprint density at radius 1 is 1.36 bits per heavy atom. The minimum Gasteiger partial charge on any atom is -0.453 e. The van der Waals surface area contributed by atoms with Gasteiger partial charge in [-0.25, -0.2) is 9.37 Å². The molecule has 1 saturated heterocycles. The lowest BCUT2D eigenvalue weighted by Gasteiger charge is -2.27. The van der Waals surface area contributed by atoms with Crippen LogP contribution in [0.25, 0.3) is 0 Å². The van der Waals surface area contributed by atoms with Gasteiger partial charge in [0, 0.05) is 50.1 Å². The second-order valence-corrected chi connectivity index (χ2v) is 6.34. The summed E-state index contributed by atoms with van der Waals surface area (Å²) in [6.45, 7) is 0.896. The SMILES string of the molecule is CNc1ccc(Oc2ccnc(N)c2C#CC(=O)N2CCC(O)CC2)c(F)c1. The van der Waals surface area contributed by atoms with E-state index < -0.39 is 5.82 Å². The Morgan fingerprint density at radius 3 is 2.79 bits per heavy atom. The van der Waals surface area contributed by atoms with Gasteiger partial charge in [-0.2, -0.15) is 0 Å². The molecule has 1 aromatic heterocycles. The first-order valence-corrected chi connectivity index (χ1v) is 8.86. The van der Waals surface area contributed by atoms with Crippen LogP contribution in [0.5, 0.6) is 11.5 Å². The van der Waals surface area contributed by atoms with E-state index in [0.29, 0.717) is 31.6 Å². The van der Waals surface area contributed by atoms with Crippen molar-refractivity contribution in [1.82, 2.24) is 9.88 Å². The van der Waals surface area contributed by atoms with E-state index in [1.807, 2.05) is 0 Å². The molecule has 1 fully saturated rings. The molecule has 28 heavy (non-hydrogen) atoms. The molecule has 4 N–H and O–H groups in total. The summed E-state index contributed by atoms with van der Waals surface area (Å²) in [6, 6.07) is 5.97. The van der Waals surface area contributed by atoms with Gasteiger partial charge >= 0.3 is 0 Å². The molecule has 0 saturated carbocycles. The first kappa shape index (κ1) is 19.5. The van der Waals surface area contributed by atoms with Crippen molar-refractivity contribution in [2.24, 2.45) is 0 Å². The van der Waals surface area contributed by atoms with Gasteiger partial charge in [0.25, 0.3) is 5.91 Å². The lowest BCUT2D eigenvalue weighted by Crippen LogP contribution is -2.39. The zero-order chi connectivity index (χ0) is 20.1. The lowest BCUT2D eigenvalue weighted by atomic mass is 10.1. The first-order valence-electron chi connectivity index (χ1n) is 8.86. The number of piperidine rings is 1. The van der Waals surface area contributed by atoms with Crippen molar-refractivity contribution >= 4 is 17.4 Å². The van der Waals surface area contributed by atoms with E-state index in [1.165, 1.54) is 24.4 Å². The molecule has 1 aliphatic rings. The quantitative estimate of drug-likeness (QED) is 0.700. The number of hydrogen-bond donors (Lipinski definition) is 3. The van der Waals surface area contributed by atoms with Gasteiger partial charge in [0.05, 0.1) is 6.10 Å². The van der Waals surface area contributed by atoms with Gasteiger partial charge in [0.1, 0.15) is 17.1 Å². The number of carbonyl (C=O) groups excluding carboxylic acids is 1. The first-order chi connectivity index (χ1) is 13.5. The maximum absolute atomic E-state index is 14.2. The minimum atomic E-state index is -0.552. The summed E-state index contributed by atoms with van der Waals surface area (Å²) in [5.41, 5.74) is 6.71. The summed E-state index contributed by atoms with van der Waals surface area (Å²) >= 11 is 0. The van der Waals surface area contributed by atoms with Crippen molar-refractivity contribution in [2.45, 2.75) is 18.9 Å². The zero-order valence-electron chi connectivity index (χ0n) is 15.4. The standard InChI is InChI=1S/C20H21FN4O3/c1-23-13-2-4-18(16(21)12-13)28-17-6-9-24-20(22)15(17)3-5-19(27)25-10-7-14(26)8-11-25/h2,4,6,9,12,14,23,26H,7-8,10-11H2,1H3,(H2,22,24). The van der Waals surface area contributed by atoms with Crippen molar-refractivity contribution in [1.29, 1.82) is 0 Å². The third-order valence-corrected chi connectivity index (χ3v) is 4.43. The molecular formula is C20H21FN4O3. The molecule has 0 bridgehead atoms. The monoisotopic (exact) mass is 384 g/mol. The summed E-state index contributed by atoms with van der Waals surface area (Å²) in [5.74, 6) is 4.61. The van der Waals surface area contributed by atoms with Crippen LogP contribution in [-0.2, 0) is 4.79 Å². The van der Waals surface area contributed by atoms with E-state index in [9.17, 15) is 14.3 Å². The van der Waals surface area contributed by atoms with Gasteiger partial charge < -0.3 is 25.8 Å². The molecule has 7 nitrogen and oxygen atoms in total. The molecule has 8 heteroatoms. The van der Waals surface area contributed by atoms with Crippen LogP contribution >= 0.6 is 0 Å². The number of nitrogens with one attached hydrogen (secondary N) is 1. The van der Waals surface area contributed by atoms with E-state index in [-0.39, 0.29) is 34.9 Å². The van der Waals surface area contributed by atoms with Crippen LogP contribution in [0.3, 0.4) is 0 Å². The maximum Gasteiger partial charge on any atom is 0.298 e. The van der Waals surface area contributed by atoms with Crippen LogP contribution in [0.4, 0.5) is 15.9 Å². The number of rotatable bonds is 3.